The third-order valence-electron chi connectivity index (χ3n) is 4.16. The smallest absolute Gasteiger partial charge is 0.194 e. The average Bonchev–Trinajstić information content (AvgIpc) is 2.84. The zero-order valence-electron chi connectivity index (χ0n) is 13.8. The van der Waals surface area contributed by atoms with Crippen LogP contribution in [0, 0.1) is 0 Å². The van der Waals surface area contributed by atoms with Gasteiger partial charge in [0.25, 0.3) is 0 Å². The van der Waals surface area contributed by atoms with Crippen LogP contribution in [-0.2, 0) is 30.3 Å². The monoisotopic (exact) mass is 310 g/mol. The van der Waals surface area contributed by atoms with Crippen molar-refractivity contribution in [1.82, 2.24) is 0 Å². The van der Waals surface area contributed by atoms with Crippen LogP contribution in [0.4, 0.5) is 0 Å². The highest BCUT2D eigenvalue weighted by Crippen LogP contribution is 2.36. The van der Waals surface area contributed by atoms with E-state index in [1.807, 2.05) is 37.3 Å². The summed E-state index contributed by atoms with van der Waals surface area (Å²) < 4.78 is 28.3. The molecule has 4 atom stereocenters. The zero-order valence-corrected chi connectivity index (χ0v) is 13.8. The maximum Gasteiger partial charge on any atom is 0.194 e. The lowest BCUT2D eigenvalue weighted by Gasteiger charge is -2.28. The van der Waals surface area contributed by atoms with Crippen LogP contribution in [0.25, 0.3) is 0 Å². The van der Waals surface area contributed by atoms with Crippen LogP contribution in [0.1, 0.15) is 18.9 Å². The molecule has 0 aliphatic carbocycles. The summed E-state index contributed by atoms with van der Waals surface area (Å²) in [5, 5.41) is 0. The summed E-state index contributed by atoms with van der Waals surface area (Å²) in [5.74, 6) is -0.792. The molecule has 1 fully saturated rings. The van der Waals surface area contributed by atoms with E-state index in [9.17, 15) is 0 Å². The van der Waals surface area contributed by atoms with E-state index in [0.29, 0.717) is 13.2 Å². The van der Waals surface area contributed by atoms with Crippen molar-refractivity contribution in [2.75, 3.05) is 27.9 Å². The normalized spacial score (nSPS) is 31.5. The second-order valence-corrected chi connectivity index (χ2v) is 5.56. The molecule has 0 bridgehead atoms. The number of benzene rings is 1. The Bertz CT molecular complexity index is 438. The zero-order chi connectivity index (χ0) is 16.0. The van der Waals surface area contributed by atoms with Crippen LogP contribution in [0.15, 0.2) is 30.3 Å². The first-order valence-corrected chi connectivity index (χ1v) is 7.55. The quantitative estimate of drug-likeness (QED) is 0.690. The first-order chi connectivity index (χ1) is 10.6. The van der Waals surface area contributed by atoms with Gasteiger partial charge in [0.15, 0.2) is 5.79 Å². The number of ether oxygens (including phenoxy) is 5. The van der Waals surface area contributed by atoms with E-state index in [-0.39, 0.29) is 18.3 Å². The van der Waals surface area contributed by atoms with E-state index >= 15 is 0 Å². The first kappa shape index (κ1) is 17.4. The molecule has 0 spiro atoms. The van der Waals surface area contributed by atoms with Gasteiger partial charge in [-0.25, -0.2) is 0 Å². The highest BCUT2D eigenvalue weighted by Gasteiger charge is 2.53. The minimum Gasteiger partial charge on any atom is -0.377 e. The van der Waals surface area contributed by atoms with Crippen LogP contribution in [0.2, 0.25) is 0 Å². The van der Waals surface area contributed by atoms with E-state index in [0.717, 1.165) is 12.0 Å². The van der Waals surface area contributed by atoms with Crippen LogP contribution >= 0.6 is 0 Å². The molecule has 1 aromatic carbocycles. The van der Waals surface area contributed by atoms with E-state index in [4.69, 9.17) is 23.7 Å². The molecule has 5 nitrogen and oxygen atoms in total. The van der Waals surface area contributed by atoms with Gasteiger partial charge in [0.05, 0.1) is 12.7 Å². The van der Waals surface area contributed by atoms with Gasteiger partial charge in [0, 0.05) is 27.9 Å². The van der Waals surface area contributed by atoms with Crippen molar-refractivity contribution in [3.8, 4) is 0 Å². The molecule has 2 rings (SSSR count). The van der Waals surface area contributed by atoms with Crippen molar-refractivity contribution in [3.05, 3.63) is 35.9 Å². The molecule has 0 unspecified atom stereocenters. The Morgan fingerprint density at radius 2 is 1.82 bits per heavy atom. The van der Waals surface area contributed by atoms with Crippen molar-refractivity contribution < 1.29 is 23.7 Å². The van der Waals surface area contributed by atoms with Gasteiger partial charge in [-0.2, -0.15) is 0 Å². The molecule has 1 aliphatic heterocycles. The Balaban J connectivity index is 1.84. The highest BCUT2D eigenvalue weighted by molar-refractivity contribution is 5.13. The second-order valence-electron chi connectivity index (χ2n) is 5.56. The maximum absolute atomic E-state index is 6.01. The molecule has 0 N–H and O–H groups in total. The van der Waals surface area contributed by atoms with Gasteiger partial charge in [0.2, 0.25) is 0 Å². The van der Waals surface area contributed by atoms with E-state index in [1.165, 1.54) is 0 Å². The first-order valence-electron chi connectivity index (χ1n) is 7.55. The Hall–Kier alpha value is -0.980. The standard InChI is InChI=1S/C17H26O5/c1-17(20-4)16(19-3)15(18-2)14(22-17)10-11-21-12-13-8-6-5-7-9-13/h5-9,14-16H,10-12H2,1-4H3/t14-,15-,16+,17+/m1/s1. The fourth-order valence-corrected chi connectivity index (χ4v) is 2.90. The van der Waals surface area contributed by atoms with Gasteiger partial charge in [-0.3, -0.25) is 0 Å². The summed E-state index contributed by atoms with van der Waals surface area (Å²) in [6.07, 6.45) is 0.178. The van der Waals surface area contributed by atoms with Gasteiger partial charge in [-0.1, -0.05) is 30.3 Å². The molecule has 1 heterocycles. The van der Waals surface area contributed by atoms with Crippen molar-refractivity contribution in [2.45, 2.75) is 44.1 Å². The van der Waals surface area contributed by atoms with Gasteiger partial charge >= 0.3 is 0 Å². The number of rotatable bonds is 8. The molecule has 1 aromatic rings. The average molecular weight is 310 g/mol. The molecule has 1 saturated heterocycles. The predicted molar refractivity (Wildman–Crippen MR) is 82.6 cm³/mol. The summed E-state index contributed by atoms with van der Waals surface area (Å²) >= 11 is 0. The molecule has 0 radical (unpaired) electrons. The van der Waals surface area contributed by atoms with Crippen molar-refractivity contribution in [1.29, 1.82) is 0 Å². The molecular formula is C17H26O5. The summed E-state index contributed by atoms with van der Waals surface area (Å²) in [7, 11) is 4.93. The Kier molecular flexibility index (Phi) is 6.35. The SMILES string of the molecule is CO[C@@H]1[C@@H](CCOCc2ccccc2)O[C@](C)(OC)[C@H]1OC. The van der Waals surface area contributed by atoms with Gasteiger partial charge < -0.3 is 23.7 Å². The fourth-order valence-electron chi connectivity index (χ4n) is 2.90. The van der Waals surface area contributed by atoms with E-state index in [1.54, 1.807) is 21.3 Å². The molecular weight excluding hydrogens is 284 g/mol. The summed E-state index contributed by atoms with van der Waals surface area (Å²) in [5.41, 5.74) is 1.16. The fraction of sp³-hybridized carbons (Fsp3) is 0.647. The molecule has 1 aliphatic rings. The van der Waals surface area contributed by atoms with Crippen molar-refractivity contribution in [3.63, 3.8) is 0 Å². The summed E-state index contributed by atoms with van der Waals surface area (Å²) in [4.78, 5) is 0. The molecule has 0 aromatic heterocycles. The van der Waals surface area contributed by atoms with Gasteiger partial charge in [-0.15, -0.1) is 0 Å². The number of methoxy groups -OCH3 is 3. The maximum atomic E-state index is 6.01. The Morgan fingerprint density at radius 3 is 2.41 bits per heavy atom. The third-order valence-corrected chi connectivity index (χ3v) is 4.16. The molecule has 22 heavy (non-hydrogen) atoms. The summed E-state index contributed by atoms with van der Waals surface area (Å²) in [6, 6.07) is 10.1. The largest absolute Gasteiger partial charge is 0.377 e. The third kappa shape index (κ3) is 3.86. The van der Waals surface area contributed by atoms with Crippen LogP contribution < -0.4 is 0 Å². The molecule has 0 amide bonds. The minimum absolute atomic E-state index is 0.115. The van der Waals surface area contributed by atoms with E-state index < -0.39 is 5.79 Å². The number of hydrogen-bond donors (Lipinski definition) is 0. The Labute approximate surface area is 132 Å². The lowest BCUT2D eigenvalue weighted by molar-refractivity contribution is -0.238. The number of hydrogen-bond acceptors (Lipinski definition) is 5. The molecule has 124 valence electrons. The van der Waals surface area contributed by atoms with Crippen molar-refractivity contribution >= 4 is 0 Å². The van der Waals surface area contributed by atoms with E-state index in [2.05, 4.69) is 0 Å². The Morgan fingerprint density at radius 1 is 1.09 bits per heavy atom. The van der Waals surface area contributed by atoms with Crippen molar-refractivity contribution in [2.24, 2.45) is 0 Å². The van der Waals surface area contributed by atoms with Gasteiger partial charge in [0.1, 0.15) is 12.2 Å². The molecule has 5 heteroatoms. The van der Waals surface area contributed by atoms with Gasteiger partial charge in [-0.05, 0) is 18.9 Å². The van der Waals surface area contributed by atoms with Crippen LogP contribution in [0.3, 0.4) is 0 Å². The second kappa shape index (κ2) is 8.04. The minimum atomic E-state index is -0.792. The topological polar surface area (TPSA) is 46.2 Å². The lowest BCUT2D eigenvalue weighted by atomic mass is 10.0. The van der Waals surface area contributed by atoms with Crippen LogP contribution in [-0.4, -0.2) is 52.0 Å². The summed E-state index contributed by atoms with van der Waals surface area (Å²) in [6.45, 7) is 3.06. The predicted octanol–water partition coefficient (Wildman–Crippen LogP) is 2.38. The van der Waals surface area contributed by atoms with Crippen LogP contribution in [0.5, 0.6) is 0 Å². The molecule has 0 saturated carbocycles. The highest BCUT2D eigenvalue weighted by atomic mass is 16.7. The lowest BCUT2D eigenvalue weighted by Crippen LogP contribution is -2.44.